The topological polar surface area (TPSA) is 68.6 Å². The Morgan fingerprint density at radius 1 is 1.14 bits per heavy atom. The van der Waals surface area contributed by atoms with Crippen LogP contribution in [0.2, 0.25) is 0 Å². The van der Waals surface area contributed by atoms with Gasteiger partial charge in [-0.3, -0.25) is 4.79 Å². The van der Waals surface area contributed by atoms with Gasteiger partial charge in [0.2, 0.25) is 0 Å². The minimum atomic E-state index is -0.759. The van der Waals surface area contributed by atoms with Crippen LogP contribution in [0.25, 0.3) is 0 Å². The first-order valence-corrected chi connectivity index (χ1v) is 12.8. The lowest BCUT2D eigenvalue weighted by Gasteiger charge is -2.38. The number of hydrogen-bond donors (Lipinski definition) is 0. The van der Waals surface area contributed by atoms with Crippen molar-refractivity contribution in [3.8, 4) is 11.8 Å². The van der Waals surface area contributed by atoms with E-state index in [0.29, 0.717) is 36.0 Å². The Morgan fingerprint density at radius 3 is 2.63 bits per heavy atom. The Balaban J connectivity index is 1.17. The highest BCUT2D eigenvalue weighted by Crippen LogP contribution is 2.71. The average Bonchev–Trinajstić information content (AvgIpc) is 3.44. The molecule has 1 aliphatic heterocycles. The predicted molar refractivity (Wildman–Crippen MR) is 133 cm³/mol. The van der Waals surface area contributed by atoms with Gasteiger partial charge in [0.25, 0.3) is 0 Å². The quantitative estimate of drug-likeness (QED) is 0.419. The van der Waals surface area contributed by atoms with E-state index >= 15 is 0 Å². The number of carbonyl (C=O) groups is 1. The number of aryl methyl sites for hydroxylation is 1. The highest BCUT2D eigenvalue weighted by Gasteiger charge is 2.69. The van der Waals surface area contributed by atoms with Crippen molar-refractivity contribution < 1.29 is 19.0 Å². The zero-order valence-electron chi connectivity index (χ0n) is 20.9. The van der Waals surface area contributed by atoms with Gasteiger partial charge in [0, 0.05) is 12.8 Å². The van der Waals surface area contributed by atoms with Crippen LogP contribution in [-0.2, 0) is 15.9 Å². The maximum atomic E-state index is 12.9. The molecule has 0 unspecified atom stereocenters. The second-order valence-corrected chi connectivity index (χ2v) is 11.1. The van der Waals surface area contributed by atoms with Crippen LogP contribution < -0.4 is 4.74 Å². The van der Waals surface area contributed by atoms with E-state index in [4.69, 9.17) is 14.2 Å². The van der Waals surface area contributed by atoms with Crippen LogP contribution in [0.15, 0.2) is 54.6 Å². The molecule has 0 radical (unpaired) electrons. The molecule has 2 aromatic carbocycles. The molecule has 0 N–H and O–H groups in total. The molecular weight excluding hydrogens is 438 g/mol. The fraction of sp³-hybridized carbons (Fsp3) is 0.533. The van der Waals surface area contributed by atoms with Crippen molar-refractivity contribution in [3.05, 3.63) is 65.7 Å². The van der Waals surface area contributed by atoms with Crippen LogP contribution in [0, 0.1) is 34.0 Å². The summed E-state index contributed by atoms with van der Waals surface area (Å²) in [6, 6.07) is 19.4. The molecule has 5 heteroatoms. The molecule has 0 amide bonds. The maximum absolute atomic E-state index is 12.9. The molecule has 2 saturated carbocycles. The predicted octanol–water partition coefficient (Wildman–Crippen LogP) is 5.98. The van der Waals surface area contributed by atoms with Gasteiger partial charge in [-0.25, -0.2) is 0 Å². The van der Waals surface area contributed by atoms with E-state index in [2.05, 4.69) is 26.8 Å². The lowest BCUT2D eigenvalue weighted by Crippen LogP contribution is -2.38. The SMILES string of the molecule is CC1(C)[C@@H]2CC[C@@]1(C)[C@H]1O[C@H](O[C@H](C#N)COc3ccccc3C(=O)CCc3ccccc3)C[C@@H]21. The highest BCUT2D eigenvalue weighted by molar-refractivity contribution is 5.98. The van der Waals surface area contributed by atoms with E-state index in [1.54, 1.807) is 12.1 Å². The molecule has 1 heterocycles. The Labute approximate surface area is 208 Å². The molecule has 3 aliphatic rings. The third kappa shape index (κ3) is 4.28. The third-order valence-corrected chi connectivity index (χ3v) is 9.19. The zero-order valence-corrected chi connectivity index (χ0v) is 20.9. The normalized spacial score (nSPS) is 31.0. The number of rotatable bonds is 9. The molecule has 6 atom stereocenters. The summed E-state index contributed by atoms with van der Waals surface area (Å²) in [6.07, 6.45) is 3.42. The van der Waals surface area contributed by atoms with Gasteiger partial charge in [-0.1, -0.05) is 63.2 Å². The summed E-state index contributed by atoms with van der Waals surface area (Å²) in [6.45, 7) is 7.18. The number of Topliss-reactive ketones (excluding diaryl/α,β-unsaturated/α-hetero) is 1. The van der Waals surface area contributed by atoms with E-state index in [1.807, 2.05) is 42.5 Å². The van der Waals surface area contributed by atoms with Crippen molar-refractivity contribution in [3.63, 3.8) is 0 Å². The molecule has 0 spiro atoms. The second kappa shape index (κ2) is 9.41. The minimum absolute atomic E-state index is 0.0252. The van der Waals surface area contributed by atoms with Crippen molar-refractivity contribution >= 4 is 5.78 Å². The van der Waals surface area contributed by atoms with E-state index in [-0.39, 0.29) is 35.6 Å². The molecule has 184 valence electrons. The summed E-state index contributed by atoms with van der Waals surface area (Å²) in [4.78, 5) is 12.9. The van der Waals surface area contributed by atoms with Crippen LogP contribution >= 0.6 is 0 Å². The van der Waals surface area contributed by atoms with Crippen molar-refractivity contribution in [2.24, 2.45) is 22.7 Å². The average molecular weight is 474 g/mol. The molecule has 0 aromatic heterocycles. The summed E-state index contributed by atoms with van der Waals surface area (Å²) in [5.41, 5.74) is 2.11. The van der Waals surface area contributed by atoms with Crippen molar-refractivity contribution in [2.75, 3.05) is 6.61 Å². The highest BCUT2D eigenvalue weighted by atomic mass is 16.7. The fourth-order valence-electron chi connectivity index (χ4n) is 6.89. The largest absolute Gasteiger partial charge is 0.489 e. The summed E-state index contributed by atoms with van der Waals surface area (Å²) >= 11 is 0. The second-order valence-electron chi connectivity index (χ2n) is 11.1. The fourth-order valence-corrected chi connectivity index (χ4v) is 6.89. The third-order valence-electron chi connectivity index (χ3n) is 9.19. The lowest BCUT2D eigenvalue weighted by atomic mass is 9.70. The summed E-state index contributed by atoms with van der Waals surface area (Å²) in [5.74, 6) is 1.66. The van der Waals surface area contributed by atoms with E-state index < -0.39 is 6.10 Å². The number of nitriles is 1. The number of carbonyl (C=O) groups excluding carboxylic acids is 1. The van der Waals surface area contributed by atoms with Crippen LogP contribution in [0.4, 0.5) is 0 Å². The molecule has 3 fully saturated rings. The summed E-state index contributed by atoms with van der Waals surface area (Å²) in [7, 11) is 0. The Hall–Kier alpha value is -2.68. The molecular formula is C30H35NO4. The zero-order chi connectivity index (χ0) is 24.6. The smallest absolute Gasteiger partial charge is 0.180 e. The van der Waals surface area contributed by atoms with Gasteiger partial charge < -0.3 is 14.2 Å². The Morgan fingerprint density at radius 2 is 1.89 bits per heavy atom. The summed E-state index contributed by atoms with van der Waals surface area (Å²) in [5, 5.41) is 9.73. The Bertz CT molecular complexity index is 1110. The maximum Gasteiger partial charge on any atom is 0.180 e. The van der Waals surface area contributed by atoms with Crippen LogP contribution in [0.5, 0.6) is 5.75 Å². The first-order chi connectivity index (χ1) is 16.8. The van der Waals surface area contributed by atoms with Gasteiger partial charge in [0.05, 0.1) is 17.7 Å². The lowest BCUT2D eigenvalue weighted by molar-refractivity contribution is -0.180. The van der Waals surface area contributed by atoms with Crippen LogP contribution in [0.1, 0.15) is 62.4 Å². The molecule has 5 rings (SSSR count). The molecule has 2 aliphatic carbocycles. The number of benzene rings is 2. The van der Waals surface area contributed by atoms with Gasteiger partial charge in [0.1, 0.15) is 12.4 Å². The van der Waals surface area contributed by atoms with Crippen molar-refractivity contribution in [1.82, 2.24) is 0 Å². The van der Waals surface area contributed by atoms with Gasteiger partial charge in [-0.15, -0.1) is 0 Å². The number of para-hydroxylation sites is 1. The molecule has 35 heavy (non-hydrogen) atoms. The van der Waals surface area contributed by atoms with Crippen molar-refractivity contribution in [1.29, 1.82) is 5.26 Å². The monoisotopic (exact) mass is 473 g/mol. The molecule has 5 nitrogen and oxygen atoms in total. The van der Waals surface area contributed by atoms with Crippen LogP contribution in [0.3, 0.4) is 0 Å². The van der Waals surface area contributed by atoms with E-state index in [1.165, 1.54) is 12.8 Å². The molecule has 2 bridgehead atoms. The number of fused-ring (bicyclic) bond motifs is 5. The number of ether oxygens (including phenoxy) is 3. The van der Waals surface area contributed by atoms with E-state index in [0.717, 1.165) is 12.0 Å². The Kier molecular flexibility index (Phi) is 6.46. The van der Waals surface area contributed by atoms with Gasteiger partial charge in [-0.2, -0.15) is 5.26 Å². The van der Waals surface area contributed by atoms with E-state index in [9.17, 15) is 10.1 Å². The first-order valence-electron chi connectivity index (χ1n) is 12.8. The van der Waals surface area contributed by atoms with Crippen molar-refractivity contribution in [2.45, 2.75) is 71.4 Å². The van der Waals surface area contributed by atoms with Gasteiger partial charge in [0.15, 0.2) is 18.2 Å². The van der Waals surface area contributed by atoms with Crippen LogP contribution in [-0.4, -0.2) is 30.9 Å². The van der Waals surface area contributed by atoms with Gasteiger partial charge in [-0.05, 0) is 59.6 Å². The number of ketones is 1. The minimum Gasteiger partial charge on any atom is -0.489 e. The first kappa shape index (κ1) is 24.0. The number of nitrogens with zero attached hydrogens (tertiary/aromatic N) is 1. The molecule has 2 aromatic rings. The van der Waals surface area contributed by atoms with Gasteiger partial charge >= 0.3 is 0 Å². The standard InChI is InChI=1S/C30H35NO4/c1-29(2)24-15-16-30(29,3)28-23(24)17-27(35-28)34-21(18-31)19-33-26-12-8-7-11-22(26)25(32)14-13-20-9-5-4-6-10-20/h4-12,21,23-24,27-28H,13-17,19H2,1-3H3/t21-,23+,24-,27+,28+,30+/m1/s1. The summed E-state index contributed by atoms with van der Waals surface area (Å²) < 4.78 is 18.4. The number of hydrogen-bond acceptors (Lipinski definition) is 5. The molecule has 1 saturated heterocycles.